The van der Waals surface area contributed by atoms with Gasteiger partial charge in [0.2, 0.25) is 0 Å². The second kappa shape index (κ2) is 3.62. The van der Waals surface area contributed by atoms with Gasteiger partial charge in [0.15, 0.2) is 0 Å². The third kappa shape index (κ3) is 1.79. The average Bonchev–Trinajstić information content (AvgIpc) is 2.94. The maximum Gasteiger partial charge on any atom is 0.317 e. The summed E-state index contributed by atoms with van der Waals surface area (Å²) in [5.74, 6) is 0.461. The molecule has 2 N–H and O–H groups in total. The van der Waals surface area contributed by atoms with Gasteiger partial charge in [-0.25, -0.2) is 4.79 Å². The lowest BCUT2D eigenvalue weighted by Crippen LogP contribution is -2.66. The molecule has 90 valence electrons. The summed E-state index contributed by atoms with van der Waals surface area (Å²) in [4.78, 5) is 13.6. The molecule has 16 heavy (non-hydrogen) atoms. The number of carbonyl (C=O) groups is 1. The molecule has 3 rings (SSSR count). The highest BCUT2D eigenvalue weighted by Crippen LogP contribution is 2.44. The van der Waals surface area contributed by atoms with Crippen LogP contribution in [0.2, 0.25) is 0 Å². The Morgan fingerprint density at radius 1 is 1.19 bits per heavy atom. The van der Waals surface area contributed by atoms with Crippen LogP contribution in [-0.4, -0.2) is 40.8 Å². The summed E-state index contributed by atoms with van der Waals surface area (Å²) in [5.41, 5.74) is -0.549. The van der Waals surface area contributed by atoms with Gasteiger partial charge in [-0.1, -0.05) is 12.8 Å². The summed E-state index contributed by atoms with van der Waals surface area (Å²) >= 11 is 0. The van der Waals surface area contributed by atoms with E-state index in [9.17, 15) is 9.90 Å². The van der Waals surface area contributed by atoms with Gasteiger partial charge in [-0.3, -0.25) is 0 Å². The molecule has 4 nitrogen and oxygen atoms in total. The smallest absolute Gasteiger partial charge is 0.317 e. The average molecular weight is 224 g/mol. The Bertz CT molecular complexity index is 289. The minimum Gasteiger partial charge on any atom is -0.386 e. The van der Waals surface area contributed by atoms with Gasteiger partial charge in [0, 0.05) is 6.04 Å². The van der Waals surface area contributed by atoms with Crippen LogP contribution in [0.5, 0.6) is 0 Å². The molecule has 4 heteroatoms. The molecular weight excluding hydrogens is 204 g/mol. The van der Waals surface area contributed by atoms with Gasteiger partial charge in [-0.05, 0) is 31.6 Å². The van der Waals surface area contributed by atoms with E-state index in [4.69, 9.17) is 0 Å². The van der Waals surface area contributed by atoms with Crippen molar-refractivity contribution in [3.05, 3.63) is 0 Å². The number of β-amino-alcohol motifs (C(OH)–C–C–N with tert-alkyl or cyclic N) is 1. The van der Waals surface area contributed by atoms with Crippen molar-refractivity contribution < 1.29 is 9.90 Å². The number of likely N-dealkylation sites (tertiary alicyclic amines) is 1. The molecule has 3 fully saturated rings. The molecule has 1 heterocycles. The van der Waals surface area contributed by atoms with Gasteiger partial charge in [0.25, 0.3) is 0 Å². The number of amides is 2. The first-order valence-corrected chi connectivity index (χ1v) is 6.45. The first-order valence-electron chi connectivity index (χ1n) is 6.45. The molecule has 1 saturated heterocycles. The first-order chi connectivity index (χ1) is 7.67. The summed E-state index contributed by atoms with van der Waals surface area (Å²) in [5, 5.41) is 13.2. The highest BCUT2D eigenvalue weighted by molar-refractivity contribution is 5.76. The molecule has 0 unspecified atom stereocenters. The van der Waals surface area contributed by atoms with Crippen molar-refractivity contribution in [1.82, 2.24) is 10.2 Å². The van der Waals surface area contributed by atoms with Crippen LogP contribution in [0.1, 0.15) is 38.5 Å². The number of urea groups is 1. The summed E-state index contributed by atoms with van der Waals surface area (Å²) in [6, 6.07) is 0.402. The molecular formula is C12H20N2O2. The van der Waals surface area contributed by atoms with Crippen LogP contribution < -0.4 is 5.32 Å². The van der Waals surface area contributed by atoms with Crippen molar-refractivity contribution in [3.63, 3.8) is 0 Å². The van der Waals surface area contributed by atoms with Crippen LogP contribution in [0, 0.1) is 5.92 Å². The van der Waals surface area contributed by atoms with Crippen LogP contribution in [-0.2, 0) is 0 Å². The lowest BCUT2D eigenvalue weighted by Gasteiger charge is -2.47. The topological polar surface area (TPSA) is 52.6 Å². The SMILES string of the molecule is O=C(NC1CCCC1)N1CC(O)(C2CC2)C1. The van der Waals surface area contributed by atoms with Crippen molar-refractivity contribution in [3.8, 4) is 0 Å². The van der Waals surface area contributed by atoms with Gasteiger partial charge in [0.1, 0.15) is 5.60 Å². The number of nitrogens with one attached hydrogen (secondary N) is 1. The third-order valence-corrected chi connectivity index (χ3v) is 4.24. The molecule has 0 spiro atoms. The zero-order valence-corrected chi connectivity index (χ0v) is 9.61. The van der Waals surface area contributed by atoms with E-state index in [0.29, 0.717) is 25.0 Å². The van der Waals surface area contributed by atoms with Crippen LogP contribution in [0.4, 0.5) is 4.79 Å². The summed E-state index contributed by atoms with van der Waals surface area (Å²) < 4.78 is 0. The summed E-state index contributed by atoms with van der Waals surface area (Å²) in [6.45, 7) is 1.08. The van der Waals surface area contributed by atoms with Crippen LogP contribution in [0.15, 0.2) is 0 Å². The first kappa shape index (κ1) is 10.4. The molecule has 0 aromatic carbocycles. The molecule has 0 aromatic heterocycles. The van der Waals surface area contributed by atoms with Gasteiger partial charge < -0.3 is 15.3 Å². The van der Waals surface area contributed by atoms with Crippen molar-refractivity contribution >= 4 is 6.03 Å². The molecule has 0 aromatic rings. The van der Waals surface area contributed by atoms with Crippen LogP contribution in [0.25, 0.3) is 0 Å². The third-order valence-electron chi connectivity index (χ3n) is 4.24. The lowest BCUT2D eigenvalue weighted by atomic mass is 9.89. The molecule has 0 radical (unpaired) electrons. The number of rotatable bonds is 2. The summed E-state index contributed by atoms with van der Waals surface area (Å²) in [7, 11) is 0. The van der Waals surface area contributed by atoms with E-state index >= 15 is 0 Å². The maximum absolute atomic E-state index is 11.8. The van der Waals surface area contributed by atoms with E-state index < -0.39 is 5.60 Å². The number of hydrogen-bond donors (Lipinski definition) is 2. The zero-order chi connectivity index (χ0) is 11.2. The Hall–Kier alpha value is -0.770. The van der Waals surface area contributed by atoms with Crippen molar-refractivity contribution in [2.45, 2.75) is 50.2 Å². The van der Waals surface area contributed by atoms with Gasteiger partial charge >= 0.3 is 6.03 Å². The molecule has 3 aliphatic rings. The fraction of sp³-hybridized carbons (Fsp3) is 0.917. The van der Waals surface area contributed by atoms with Gasteiger partial charge in [-0.2, -0.15) is 0 Å². The molecule has 0 bridgehead atoms. The maximum atomic E-state index is 11.8. The molecule has 1 aliphatic heterocycles. The van der Waals surface area contributed by atoms with E-state index in [1.807, 2.05) is 0 Å². The number of hydrogen-bond acceptors (Lipinski definition) is 2. The highest BCUT2D eigenvalue weighted by Gasteiger charge is 2.53. The highest BCUT2D eigenvalue weighted by atomic mass is 16.3. The largest absolute Gasteiger partial charge is 0.386 e. The normalized spacial score (nSPS) is 28.9. The molecule has 2 amide bonds. The van der Waals surface area contributed by atoms with Crippen LogP contribution >= 0.6 is 0 Å². The van der Waals surface area contributed by atoms with Crippen molar-refractivity contribution in [2.24, 2.45) is 5.92 Å². The minimum absolute atomic E-state index is 0.0252. The zero-order valence-electron chi connectivity index (χ0n) is 9.61. The van der Waals surface area contributed by atoms with Crippen molar-refractivity contribution in [1.29, 1.82) is 0 Å². The Balaban J connectivity index is 1.46. The Labute approximate surface area is 96.0 Å². The molecule has 2 saturated carbocycles. The predicted octanol–water partition coefficient (Wildman–Crippen LogP) is 1.10. The fourth-order valence-electron chi connectivity index (χ4n) is 2.97. The Morgan fingerprint density at radius 3 is 2.38 bits per heavy atom. The number of aliphatic hydroxyl groups is 1. The molecule has 0 atom stereocenters. The van der Waals surface area contributed by atoms with Gasteiger partial charge in [-0.15, -0.1) is 0 Å². The Kier molecular flexibility index (Phi) is 2.35. The second-order valence-corrected chi connectivity index (χ2v) is 5.66. The summed E-state index contributed by atoms with van der Waals surface area (Å²) in [6.07, 6.45) is 6.97. The van der Waals surface area contributed by atoms with Crippen LogP contribution in [0.3, 0.4) is 0 Å². The number of carbonyl (C=O) groups excluding carboxylic acids is 1. The second-order valence-electron chi connectivity index (χ2n) is 5.66. The predicted molar refractivity (Wildman–Crippen MR) is 60.0 cm³/mol. The van der Waals surface area contributed by atoms with Crippen molar-refractivity contribution in [2.75, 3.05) is 13.1 Å². The van der Waals surface area contributed by atoms with E-state index in [1.165, 1.54) is 12.8 Å². The van der Waals surface area contributed by atoms with E-state index in [0.717, 1.165) is 25.7 Å². The van der Waals surface area contributed by atoms with E-state index in [1.54, 1.807) is 4.90 Å². The van der Waals surface area contributed by atoms with E-state index in [2.05, 4.69) is 5.32 Å². The monoisotopic (exact) mass is 224 g/mol. The standard InChI is InChI=1S/C12H20N2O2/c15-11(13-10-3-1-2-4-10)14-7-12(16,8-14)9-5-6-9/h9-10,16H,1-8H2,(H,13,15). The Morgan fingerprint density at radius 2 is 1.81 bits per heavy atom. The fourth-order valence-corrected chi connectivity index (χ4v) is 2.97. The quantitative estimate of drug-likeness (QED) is 0.738. The lowest BCUT2D eigenvalue weighted by molar-refractivity contribution is -0.0920. The van der Waals surface area contributed by atoms with E-state index in [-0.39, 0.29) is 6.03 Å². The number of nitrogens with zero attached hydrogens (tertiary/aromatic N) is 1. The van der Waals surface area contributed by atoms with Gasteiger partial charge in [0.05, 0.1) is 13.1 Å². The minimum atomic E-state index is -0.549. The molecule has 2 aliphatic carbocycles.